The van der Waals surface area contributed by atoms with Gasteiger partial charge >= 0.3 is 0 Å². The number of hydrogen-bond donors (Lipinski definition) is 1. The highest BCUT2D eigenvalue weighted by Crippen LogP contribution is 2.55. The highest BCUT2D eigenvalue weighted by molar-refractivity contribution is 6.31. The van der Waals surface area contributed by atoms with Gasteiger partial charge in [-0.05, 0) is 50.6 Å². The maximum absolute atomic E-state index is 11.4. The van der Waals surface area contributed by atoms with Gasteiger partial charge in [0.05, 0.1) is 5.60 Å². The normalized spacial score (nSPS) is 26.7. The van der Waals surface area contributed by atoms with Crippen LogP contribution in [0.5, 0.6) is 0 Å². The number of halogens is 2. The highest BCUT2D eigenvalue weighted by Gasteiger charge is 2.58. The summed E-state index contributed by atoms with van der Waals surface area (Å²) in [6, 6.07) is 6.14. The van der Waals surface area contributed by atoms with E-state index in [1.807, 2.05) is 12.1 Å². The molecule has 0 spiro atoms. The quantitative estimate of drug-likeness (QED) is 0.911. The molecule has 1 atom stereocenters. The van der Waals surface area contributed by atoms with E-state index >= 15 is 0 Å². The molecule has 1 aromatic carbocycles. The van der Waals surface area contributed by atoms with E-state index in [4.69, 9.17) is 11.6 Å². The van der Waals surface area contributed by atoms with Gasteiger partial charge < -0.3 is 10.0 Å². The smallest absolute Gasteiger partial charge is 0.0760 e. The number of aliphatic hydroxyl groups is 1. The van der Waals surface area contributed by atoms with Crippen molar-refractivity contribution in [3.63, 3.8) is 0 Å². The minimum Gasteiger partial charge on any atom is -0.389 e. The Labute approximate surface area is 138 Å². The molecule has 3 rings (SSSR count). The third-order valence-corrected chi connectivity index (χ3v) is 5.54. The Morgan fingerprint density at radius 3 is 2.43 bits per heavy atom. The van der Waals surface area contributed by atoms with Crippen LogP contribution in [0.15, 0.2) is 18.2 Å². The van der Waals surface area contributed by atoms with Gasteiger partial charge in [0.15, 0.2) is 0 Å². The molecule has 2 aliphatic carbocycles. The highest BCUT2D eigenvalue weighted by atomic mass is 35.5. The second kappa shape index (κ2) is 6.08. The Morgan fingerprint density at radius 2 is 1.86 bits per heavy atom. The van der Waals surface area contributed by atoms with Gasteiger partial charge in [0.25, 0.3) is 0 Å². The molecule has 1 aromatic rings. The van der Waals surface area contributed by atoms with Crippen LogP contribution < -0.4 is 0 Å². The van der Waals surface area contributed by atoms with Gasteiger partial charge in [0, 0.05) is 17.0 Å². The summed E-state index contributed by atoms with van der Waals surface area (Å²) < 4.78 is 0. The van der Waals surface area contributed by atoms with Crippen molar-refractivity contribution in [3.8, 4) is 0 Å². The standard InChI is InChI=1S/C17H24ClNO.ClH/c1-19(2)12-16(17(20)9-4-3-5-10-17)11-13-7-6-8-14(18)15(13)16;/h6-8,20H,3-5,9-12H2,1-2H3;1H. The molecule has 1 unspecified atom stereocenters. The van der Waals surface area contributed by atoms with E-state index < -0.39 is 5.60 Å². The molecule has 4 heteroatoms. The number of rotatable bonds is 3. The van der Waals surface area contributed by atoms with Gasteiger partial charge in [-0.1, -0.05) is 43.0 Å². The van der Waals surface area contributed by atoms with Crippen LogP contribution in [0.3, 0.4) is 0 Å². The third kappa shape index (κ3) is 2.61. The SMILES string of the molecule is CN(C)CC1(C2(O)CCCCC2)Cc2cccc(Cl)c21.Cl. The van der Waals surface area contributed by atoms with Crippen LogP contribution in [-0.4, -0.2) is 36.2 Å². The summed E-state index contributed by atoms with van der Waals surface area (Å²) in [7, 11) is 4.17. The fourth-order valence-electron chi connectivity index (χ4n) is 4.39. The number of hydrogen-bond acceptors (Lipinski definition) is 2. The van der Waals surface area contributed by atoms with Crippen LogP contribution in [0.4, 0.5) is 0 Å². The molecule has 0 aromatic heterocycles. The van der Waals surface area contributed by atoms with Crippen LogP contribution >= 0.6 is 24.0 Å². The molecule has 0 radical (unpaired) electrons. The summed E-state index contributed by atoms with van der Waals surface area (Å²) in [6.07, 6.45) is 6.28. The summed E-state index contributed by atoms with van der Waals surface area (Å²) in [5, 5.41) is 12.2. The average Bonchev–Trinajstić information content (AvgIpc) is 2.35. The topological polar surface area (TPSA) is 23.5 Å². The van der Waals surface area contributed by atoms with E-state index in [9.17, 15) is 5.11 Å². The van der Waals surface area contributed by atoms with Crippen molar-refractivity contribution in [1.29, 1.82) is 0 Å². The fraction of sp³-hybridized carbons (Fsp3) is 0.647. The van der Waals surface area contributed by atoms with Crippen molar-refractivity contribution in [3.05, 3.63) is 34.3 Å². The number of likely N-dealkylation sites (N-methyl/N-ethyl adjacent to an activating group) is 1. The second-order valence-electron chi connectivity index (χ2n) is 6.86. The minimum absolute atomic E-state index is 0. The fourth-order valence-corrected chi connectivity index (χ4v) is 4.77. The van der Waals surface area contributed by atoms with Crippen LogP contribution in [0, 0.1) is 0 Å². The van der Waals surface area contributed by atoms with E-state index in [0.717, 1.165) is 43.7 Å². The van der Waals surface area contributed by atoms with Crippen molar-refractivity contribution in [1.82, 2.24) is 4.90 Å². The van der Waals surface area contributed by atoms with Gasteiger partial charge in [0.1, 0.15) is 0 Å². The zero-order valence-corrected chi connectivity index (χ0v) is 14.4. The Kier molecular flexibility index (Phi) is 4.94. The molecule has 0 aliphatic heterocycles. The monoisotopic (exact) mass is 329 g/mol. The first kappa shape index (κ1) is 17.1. The van der Waals surface area contributed by atoms with Crippen molar-refractivity contribution in [2.24, 2.45) is 0 Å². The minimum atomic E-state index is -0.590. The summed E-state index contributed by atoms with van der Waals surface area (Å²) >= 11 is 6.48. The van der Waals surface area contributed by atoms with Crippen molar-refractivity contribution < 1.29 is 5.11 Å². The van der Waals surface area contributed by atoms with E-state index in [1.165, 1.54) is 17.5 Å². The number of fused-ring (bicyclic) bond motifs is 1. The second-order valence-corrected chi connectivity index (χ2v) is 7.27. The molecule has 1 saturated carbocycles. The lowest BCUT2D eigenvalue weighted by Gasteiger charge is -2.57. The first-order chi connectivity index (χ1) is 9.48. The summed E-state index contributed by atoms with van der Waals surface area (Å²) in [4.78, 5) is 2.19. The van der Waals surface area contributed by atoms with Gasteiger partial charge in [0.2, 0.25) is 0 Å². The lowest BCUT2D eigenvalue weighted by Crippen LogP contribution is -2.63. The maximum Gasteiger partial charge on any atom is 0.0760 e. The van der Waals surface area contributed by atoms with Gasteiger partial charge in [-0.2, -0.15) is 0 Å². The van der Waals surface area contributed by atoms with Crippen molar-refractivity contribution in [2.45, 2.75) is 49.5 Å². The summed E-state index contributed by atoms with van der Waals surface area (Å²) in [6.45, 7) is 0.875. The predicted molar refractivity (Wildman–Crippen MR) is 90.7 cm³/mol. The van der Waals surface area contributed by atoms with Crippen molar-refractivity contribution >= 4 is 24.0 Å². The first-order valence-corrected chi connectivity index (χ1v) is 8.01. The third-order valence-electron chi connectivity index (χ3n) is 5.23. The van der Waals surface area contributed by atoms with Crippen LogP contribution in [-0.2, 0) is 11.8 Å². The van der Waals surface area contributed by atoms with Crippen LogP contribution in [0.2, 0.25) is 5.02 Å². The average molecular weight is 330 g/mol. The van der Waals surface area contributed by atoms with E-state index in [-0.39, 0.29) is 17.8 Å². The summed E-state index contributed by atoms with van der Waals surface area (Å²) in [5.41, 5.74) is 1.76. The largest absolute Gasteiger partial charge is 0.389 e. The molecule has 2 aliphatic rings. The molecule has 0 heterocycles. The molecule has 0 bridgehead atoms. The molecule has 118 valence electrons. The molecule has 1 fully saturated rings. The van der Waals surface area contributed by atoms with Crippen molar-refractivity contribution in [2.75, 3.05) is 20.6 Å². The predicted octanol–water partition coefficient (Wildman–Crippen LogP) is 3.81. The Hall–Kier alpha value is -0.280. The lowest BCUT2D eigenvalue weighted by atomic mass is 9.52. The molecular weight excluding hydrogens is 305 g/mol. The zero-order valence-electron chi connectivity index (χ0n) is 12.9. The van der Waals surface area contributed by atoms with Gasteiger partial charge in [-0.25, -0.2) is 0 Å². The van der Waals surface area contributed by atoms with Gasteiger partial charge in [-0.3, -0.25) is 0 Å². The zero-order chi connectivity index (χ0) is 14.4. The summed E-state index contributed by atoms with van der Waals surface area (Å²) in [5.74, 6) is 0. The van der Waals surface area contributed by atoms with Gasteiger partial charge in [-0.15, -0.1) is 12.4 Å². The molecule has 0 saturated heterocycles. The van der Waals surface area contributed by atoms with Crippen LogP contribution in [0.1, 0.15) is 43.2 Å². The number of benzene rings is 1. The molecule has 0 amide bonds. The molecule has 2 nitrogen and oxygen atoms in total. The Morgan fingerprint density at radius 1 is 1.19 bits per heavy atom. The molecular formula is C17H25Cl2NO. The molecule has 21 heavy (non-hydrogen) atoms. The number of nitrogens with zero attached hydrogens (tertiary/aromatic N) is 1. The lowest BCUT2D eigenvalue weighted by molar-refractivity contribution is -0.0869. The Balaban J connectivity index is 0.00000161. The van der Waals surface area contributed by atoms with Crippen LogP contribution in [0.25, 0.3) is 0 Å². The van der Waals surface area contributed by atoms with E-state index in [2.05, 4.69) is 25.1 Å². The molecule has 1 N–H and O–H groups in total. The van der Waals surface area contributed by atoms with E-state index in [1.54, 1.807) is 0 Å². The Bertz CT molecular complexity index is 497. The van der Waals surface area contributed by atoms with E-state index in [0.29, 0.717) is 0 Å². The maximum atomic E-state index is 11.4. The first-order valence-electron chi connectivity index (χ1n) is 7.64.